The third-order valence-corrected chi connectivity index (χ3v) is 6.21. The molecule has 5 atom stereocenters. The van der Waals surface area contributed by atoms with Crippen molar-refractivity contribution in [3.05, 3.63) is 58.1 Å². The molecule has 4 N–H and O–H groups in total. The molecule has 0 aromatic heterocycles. The summed E-state index contributed by atoms with van der Waals surface area (Å²) in [5.74, 6) is 1.68. The summed E-state index contributed by atoms with van der Waals surface area (Å²) in [6.07, 6.45) is -4.52. The standard InChI is InChI=1S/C24H30O7/c1-3-29-16-6-4-14(5-7-16)10-15-11-18(13(2)17-8-9-30-23(15)17)24-22(28)21(27)20(26)19(12-25)31-24/h4-7,11,19-22,24-28H,3,8-10,12H2,1-2H3/t19-,20?,21+,22+,24+/m1/s1. The smallest absolute Gasteiger partial charge is 0.126 e. The molecule has 4 rings (SSSR count). The van der Waals surface area contributed by atoms with Crippen molar-refractivity contribution in [3.63, 3.8) is 0 Å². The van der Waals surface area contributed by atoms with Gasteiger partial charge in [0.1, 0.15) is 42.0 Å². The van der Waals surface area contributed by atoms with Gasteiger partial charge < -0.3 is 34.6 Å². The maximum atomic E-state index is 10.6. The molecule has 1 saturated heterocycles. The average Bonchev–Trinajstić information content (AvgIpc) is 3.27. The van der Waals surface area contributed by atoms with Crippen LogP contribution in [-0.4, -0.2) is 64.7 Å². The normalized spacial score (nSPS) is 27.6. The van der Waals surface area contributed by atoms with E-state index in [9.17, 15) is 20.4 Å². The summed E-state index contributed by atoms with van der Waals surface area (Å²) >= 11 is 0. The zero-order valence-electron chi connectivity index (χ0n) is 17.8. The fourth-order valence-electron chi connectivity index (χ4n) is 4.51. The Labute approximate surface area is 181 Å². The largest absolute Gasteiger partial charge is 0.494 e. The van der Waals surface area contributed by atoms with Gasteiger partial charge in [-0.2, -0.15) is 0 Å². The molecule has 2 aromatic carbocycles. The van der Waals surface area contributed by atoms with E-state index in [-0.39, 0.29) is 0 Å². The van der Waals surface area contributed by atoms with Crippen LogP contribution in [0.4, 0.5) is 0 Å². The Hall–Kier alpha value is -2.16. The van der Waals surface area contributed by atoms with Crippen molar-refractivity contribution in [2.75, 3.05) is 19.8 Å². The molecular weight excluding hydrogens is 400 g/mol. The van der Waals surface area contributed by atoms with Crippen LogP contribution in [0.25, 0.3) is 0 Å². The van der Waals surface area contributed by atoms with Crippen LogP contribution in [0.15, 0.2) is 30.3 Å². The van der Waals surface area contributed by atoms with Crippen molar-refractivity contribution in [1.29, 1.82) is 0 Å². The van der Waals surface area contributed by atoms with E-state index in [0.717, 1.165) is 45.7 Å². The third-order valence-electron chi connectivity index (χ3n) is 6.21. The highest BCUT2D eigenvalue weighted by molar-refractivity contribution is 5.54. The monoisotopic (exact) mass is 430 g/mol. The summed E-state index contributed by atoms with van der Waals surface area (Å²) < 4.78 is 17.3. The number of aliphatic hydroxyl groups is 4. The maximum absolute atomic E-state index is 10.6. The molecule has 31 heavy (non-hydrogen) atoms. The van der Waals surface area contributed by atoms with E-state index in [1.807, 2.05) is 44.2 Å². The van der Waals surface area contributed by atoms with Gasteiger partial charge in [-0.05, 0) is 54.3 Å². The van der Waals surface area contributed by atoms with Gasteiger partial charge in [-0.1, -0.05) is 12.1 Å². The molecule has 0 saturated carbocycles. The van der Waals surface area contributed by atoms with Crippen molar-refractivity contribution in [3.8, 4) is 11.5 Å². The quantitative estimate of drug-likeness (QED) is 0.549. The highest BCUT2D eigenvalue weighted by atomic mass is 16.5. The first-order chi connectivity index (χ1) is 14.9. The lowest BCUT2D eigenvalue weighted by atomic mass is 9.85. The summed E-state index contributed by atoms with van der Waals surface area (Å²) in [7, 11) is 0. The first-order valence-corrected chi connectivity index (χ1v) is 10.7. The molecule has 0 radical (unpaired) electrons. The fourth-order valence-corrected chi connectivity index (χ4v) is 4.51. The van der Waals surface area contributed by atoms with E-state index in [1.165, 1.54) is 0 Å². The van der Waals surface area contributed by atoms with Crippen LogP contribution in [0.2, 0.25) is 0 Å². The number of aliphatic hydroxyl groups excluding tert-OH is 4. The highest BCUT2D eigenvalue weighted by Gasteiger charge is 2.45. The zero-order chi connectivity index (χ0) is 22.1. The topological polar surface area (TPSA) is 109 Å². The lowest BCUT2D eigenvalue weighted by Crippen LogP contribution is -2.55. The van der Waals surface area contributed by atoms with E-state index in [2.05, 4.69) is 0 Å². The minimum absolute atomic E-state index is 0.451. The number of rotatable bonds is 6. The van der Waals surface area contributed by atoms with Crippen LogP contribution < -0.4 is 9.47 Å². The molecule has 2 aliphatic heterocycles. The molecule has 7 heteroatoms. The zero-order valence-corrected chi connectivity index (χ0v) is 17.8. The second-order valence-electron chi connectivity index (χ2n) is 8.16. The van der Waals surface area contributed by atoms with E-state index in [0.29, 0.717) is 19.6 Å². The number of hydrogen-bond acceptors (Lipinski definition) is 7. The second-order valence-corrected chi connectivity index (χ2v) is 8.16. The molecule has 1 fully saturated rings. The molecule has 7 nitrogen and oxygen atoms in total. The van der Waals surface area contributed by atoms with E-state index < -0.39 is 37.1 Å². The lowest BCUT2D eigenvalue weighted by Gasteiger charge is -2.41. The Morgan fingerprint density at radius 3 is 2.48 bits per heavy atom. The Kier molecular flexibility index (Phi) is 6.50. The Balaban J connectivity index is 1.69. The second kappa shape index (κ2) is 9.14. The van der Waals surface area contributed by atoms with Crippen LogP contribution in [0.5, 0.6) is 11.5 Å². The predicted octanol–water partition coefficient (Wildman–Crippen LogP) is 1.43. The van der Waals surface area contributed by atoms with Crippen LogP contribution >= 0.6 is 0 Å². The highest BCUT2D eigenvalue weighted by Crippen LogP contribution is 2.41. The van der Waals surface area contributed by atoms with Crippen molar-refractivity contribution in [2.45, 2.75) is 57.2 Å². The minimum Gasteiger partial charge on any atom is -0.494 e. The maximum Gasteiger partial charge on any atom is 0.126 e. The molecule has 168 valence electrons. The average molecular weight is 430 g/mol. The molecule has 0 spiro atoms. The van der Waals surface area contributed by atoms with Gasteiger partial charge in [0.25, 0.3) is 0 Å². The molecule has 0 bridgehead atoms. The van der Waals surface area contributed by atoms with E-state index >= 15 is 0 Å². The van der Waals surface area contributed by atoms with Crippen LogP contribution in [0.3, 0.4) is 0 Å². The number of hydrogen-bond donors (Lipinski definition) is 4. The van der Waals surface area contributed by atoms with E-state index in [4.69, 9.17) is 14.2 Å². The van der Waals surface area contributed by atoms with Crippen molar-refractivity contribution >= 4 is 0 Å². The minimum atomic E-state index is -1.41. The van der Waals surface area contributed by atoms with Gasteiger partial charge in [0.15, 0.2) is 0 Å². The Bertz CT molecular complexity index is 909. The van der Waals surface area contributed by atoms with Gasteiger partial charge >= 0.3 is 0 Å². The van der Waals surface area contributed by atoms with Crippen molar-refractivity contribution < 1.29 is 34.6 Å². The summed E-state index contributed by atoms with van der Waals surface area (Å²) in [5, 5.41) is 40.6. The molecule has 2 heterocycles. The number of benzene rings is 2. The van der Waals surface area contributed by atoms with Gasteiger partial charge in [-0.3, -0.25) is 0 Å². The van der Waals surface area contributed by atoms with Crippen LogP contribution in [0, 0.1) is 6.92 Å². The molecule has 0 aliphatic carbocycles. The lowest BCUT2D eigenvalue weighted by molar-refractivity contribution is -0.231. The fraction of sp³-hybridized carbons (Fsp3) is 0.500. The van der Waals surface area contributed by atoms with Crippen LogP contribution in [0.1, 0.15) is 40.8 Å². The van der Waals surface area contributed by atoms with Gasteiger partial charge in [0.05, 0.1) is 19.8 Å². The van der Waals surface area contributed by atoms with Crippen LogP contribution in [-0.2, 0) is 17.6 Å². The van der Waals surface area contributed by atoms with Crippen molar-refractivity contribution in [1.82, 2.24) is 0 Å². The summed E-state index contributed by atoms with van der Waals surface area (Å²) in [5.41, 5.74) is 4.80. The number of ether oxygens (including phenoxy) is 3. The number of fused-ring (bicyclic) bond motifs is 1. The summed E-state index contributed by atoms with van der Waals surface area (Å²) in [4.78, 5) is 0. The van der Waals surface area contributed by atoms with E-state index in [1.54, 1.807) is 0 Å². The van der Waals surface area contributed by atoms with Crippen molar-refractivity contribution in [2.24, 2.45) is 0 Å². The first kappa shape index (κ1) is 22.0. The summed E-state index contributed by atoms with van der Waals surface area (Å²) in [6, 6.07) is 9.85. The first-order valence-electron chi connectivity index (χ1n) is 10.7. The third kappa shape index (κ3) is 4.16. The molecule has 2 aromatic rings. The molecular formula is C24H30O7. The molecule has 2 aliphatic rings. The Morgan fingerprint density at radius 2 is 1.81 bits per heavy atom. The van der Waals surface area contributed by atoms with Gasteiger partial charge in [-0.15, -0.1) is 0 Å². The predicted molar refractivity (Wildman–Crippen MR) is 114 cm³/mol. The SMILES string of the molecule is CCOc1ccc(Cc2cc([C@@H]3O[C@H](CO)C(O)[C@H](O)[C@@H]3O)c(C)c3c2OCC3)cc1. The molecule has 0 amide bonds. The summed E-state index contributed by atoms with van der Waals surface area (Å²) in [6.45, 7) is 4.64. The van der Waals surface area contributed by atoms with Gasteiger partial charge in [0.2, 0.25) is 0 Å². The van der Waals surface area contributed by atoms with Gasteiger partial charge in [0, 0.05) is 18.4 Å². The molecule has 1 unspecified atom stereocenters. The van der Waals surface area contributed by atoms with Gasteiger partial charge in [-0.25, -0.2) is 0 Å². The Morgan fingerprint density at radius 1 is 1.06 bits per heavy atom.